The number of hydrazone groups is 1. The molecule has 10 heteroatoms. The first-order chi connectivity index (χ1) is 13.0. The van der Waals surface area contributed by atoms with Crippen molar-refractivity contribution in [2.24, 2.45) is 15.9 Å². The van der Waals surface area contributed by atoms with Gasteiger partial charge in [-0.25, -0.2) is 18.3 Å². The van der Waals surface area contributed by atoms with Crippen LogP contribution in [0.2, 0.25) is 0 Å². The summed E-state index contributed by atoms with van der Waals surface area (Å²) in [7, 11) is 0. The monoisotopic (exact) mass is 435 g/mol. The Hall–Kier alpha value is -2.88. The molecule has 0 fully saturated rings. The molecule has 1 unspecified atom stereocenters. The molecule has 4 N–H and O–H groups in total. The fourth-order valence-corrected chi connectivity index (χ4v) is 3.40. The third-order valence-electron chi connectivity index (χ3n) is 4.08. The van der Waals surface area contributed by atoms with Crippen molar-refractivity contribution in [3.63, 3.8) is 0 Å². The Morgan fingerprint density at radius 1 is 1.37 bits per heavy atom. The van der Waals surface area contributed by atoms with Gasteiger partial charge in [-0.1, -0.05) is 6.92 Å². The van der Waals surface area contributed by atoms with Crippen LogP contribution in [0.3, 0.4) is 0 Å². The highest BCUT2D eigenvalue weighted by Crippen LogP contribution is 2.31. The Morgan fingerprint density at radius 2 is 2.15 bits per heavy atom. The van der Waals surface area contributed by atoms with Gasteiger partial charge >= 0.3 is 0 Å². The Bertz CT molecular complexity index is 1050. The van der Waals surface area contributed by atoms with Crippen LogP contribution in [0, 0.1) is 11.6 Å². The minimum Gasteiger partial charge on any atom is -0.382 e. The van der Waals surface area contributed by atoms with E-state index < -0.39 is 11.6 Å². The summed E-state index contributed by atoms with van der Waals surface area (Å²) in [6.45, 7) is 1.94. The number of nitrogens with zero attached hydrogens (tertiary/aromatic N) is 5. The van der Waals surface area contributed by atoms with E-state index in [9.17, 15) is 8.78 Å². The molecule has 0 bridgehead atoms. The zero-order valence-electron chi connectivity index (χ0n) is 14.3. The van der Waals surface area contributed by atoms with Gasteiger partial charge in [0.15, 0.2) is 11.6 Å². The van der Waals surface area contributed by atoms with Crippen molar-refractivity contribution >= 4 is 44.9 Å². The maximum Gasteiger partial charge on any atom is 0.152 e. The molecule has 0 amide bonds. The summed E-state index contributed by atoms with van der Waals surface area (Å²) in [6.07, 6.45) is 3.34. The molecule has 0 aliphatic heterocycles. The molecule has 7 nitrogen and oxygen atoms in total. The first kappa shape index (κ1) is 18.9. The van der Waals surface area contributed by atoms with Gasteiger partial charge < -0.3 is 11.6 Å². The zero-order valence-corrected chi connectivity index (χ0v) is 15.9. The summed E-state index contributed by atoms with van der Waals surface area (Å²) >= 11 is 3.46. The first-order valence-electron chi connectivity index (χ1n) is 8.00. The van der Waals surface area contributed by atoms with Crippen molar-refractivity contribution in [2.45, 2.75) is 19.3 Å². The Labute approximate surface area is 161 Å². The number of halogens is 3. The van der Waals surface area contributed by atoms with Gasteiger partial charge in [0.05, 0.1) is 23.3 Å². The highest BCUT2D eigenvalue weighted by molar-refractivity contribution is 9.10. The molecule has 0 aliphatic rings. The molecule has 0 spiro atoms. The van der Waals surface area contributed by atoms with E-state index in [0.29, 0.717) is 23.5 Å². The molecule has 0 saturated heterocycles. The van der Waals surface area contributed by atoms with Crippen LogP contribution in [0.1, 0.15) is 25.0 Å². The second-order valence-electron chi connectivity index (χ2n) is 5.69. The molecule has 0 saturated carbocycles. The smallest absolute Gasteiger partial charge is 0.152 e. The predicted molar refractivity (Wildman–Crippen MR) is 104 cm³/mol. The van der Waals surface area contributed by atoms with Crippen molar-refractivity contribution in [3.05, 3.63) is 52.4 Å². The van der Waals surface area contributed by atoms with Gasteiger partial charge in [0.25, 0.3) is 0 Å². The number of aliphatic imine (C=N–C) groups is 1. The summed E-state index contributed by atoms with van der Waals surface area (Å²) in [4.78, 5) is 8.05. The number of benzene rings is 1. The SMILES string of the molecule is CCC(C(C=Nc1ccc(F)cc1F)=NN)c1cc(Br)c2c(N)ncnn12. The highest BCUT2D eigenvalue weighted by Gasteiger charge is 2.22. The third kappa shape index (κ3) is 3.65. The zero-order chi connectivity index (χ0) is 19.6. The summed E-state index contributed by atoms with van der Waals surface area (Å²) in [5.74, 6) is 4.16. The van der Waals surface area contributed by atoms with Gasteiger partial charge in [0.2, 0.25) is 0 Å². The molecule has 3 rings (SSSR count). The molecule has 2 aromatic heterocycles. The van der Waals surface area contributed by atoms with Gasteiger partial charge in [-0.2, -0.15) is 10.2 Å². The number of hydrogen-bond acceptors (Lipinski definition) is 6. The number of aromatic nitrogens is 3. The Balaban J connectivity index is 2.01. The van der Waals surface area contributed by atoms with Crippen molar-refractivity contribution in [1.82, 2.24) is 14.6 Å². The average Bonchev–Trinajstić information content (AvgIpc) is 2.97. The molecular formula is C17H16BrF2N7. The molecule has 2 heterocycles. The van der Waals surface area contributed by atoms with Gasteiger partial charge in [-0.05, 0) is 40.5 Å². The quantitative estimate of drug-likeness (QED) is 0.362. The van der Waals surface area contributed by atoms with Crippen LogP contribution >= 0.6 is 15.9 Å². The molecule has 1 aromatic carbocycles. The van der Waals surface area contributed by atoms with Crippen LogP contribution in [0.4, 0.5) is 20.3 Å². The average molecular weight is 436 g/mol. The van der Waals surface area contributed by atoms with Crippen molar-refractivity contribution in [1.29, 1.82) is 0 Å². The molecule has 0 aliphatic carbocycles. The van der Waals surface area contributed by atoms with Crippen LogP contribution in [-0.2, 0) is 0 Å². The van der Waals surface area contributed by atoms with Crippen LogP contribution < -0.4 is 11.6 Å². The maximum atomic E-state index is 13.8. The van der Waals surface area contributed by atoms with E-state index in [1.807, 2.05) is 13.0 Å². The van der Waals surface area contributed by atoms with Crippen LogP contribution in [0.25, 0.3) is 5.52 Å². The van der Waals surface area contributed by atoms with Gasteiger partial charge in [-0.15, -0.1) is 0 Å². The van der Waals surface area contributed by atoms with E-state index in [2.05, 4.69) is 36.1 Å². The summed E-state index contributed by atoms with van der Waals surface area (Å²) in [5, 5.41) is 8.05. The van der Waals surface area contributed by atoms with E-state index in [1.54, 1.807) is 4.52 Å². The third-order valence-corrected chi connectivity index (χ3v) is 4.69. The van der Waals surface area contributed by atoms with E-state index in [-0.39, 0.29) is 11.6 Å². The summed E-state index contributed by atoms with van der Waals surface area (Å²) in [5.41, 5.74) is 7.72. The highest BCUT2D eigenvalue weighted by atomic mass is 79.9. The van der Waals surface area contributed by atoms with Gasteiger partial charge in [-0.3, -0.25) is 4.99 Å². The van der Waals surface area contributed by atoms with Crippen molar-refractivity contribution < 1.29 is 8.78 Å². The van der Waals surface area contributed by atoms with E-state index in [4.69, 9.17) is 11.6 Å². The lowest BCUT2D eigenvalue weighted by Gasteiger charge is -2.14. The standard InChI is InChI=1S/C17H16BrF2N7/c1-2-10(15-6-11(18)16-17(21)24-8-25-27(15)16)14(26-22)7-23-13-4-3-9(19)5-12(13)20/h3-8,10H,2,22H2,1H3,(H2,21,24,25). The van der Waals surface area contributed by atoms with Crippen LogP contribution in [0.5, 0.6) is 0 Å². The molecule has 3 aromatic rings. The van der Waals surface area contributed by atoms with E-state index >= 15 is 0 Å². The van der Waals surface area contributed by atoms with Gasteiger partial charge in [0.1, 0.15) is 17.7 Å². The lowest BCUT2D eigenvalue weighted by atomic mass is 9.97. The van der Waals surface area contributed by atoms with Crippen LogP contribution in [-0.4, -0.2) is 26.5 Å². The first-order valence-corrected chi connectivity index (χ1v) is 8.80. The van der Waals surface area contributed by atoms with E-state index in [1.165, 1.54) is 18.6 Å². The van der Waals surface area contributed by atoms with Gasteiger partial charge in [0, 0.05) is 16.5 Å². The Kier molecular flexibility index (Phi) is 5.45. The molecule has 140 valence electrons. The lowest BCUT2D eigenvalue weighted by molar-refractivity contribution is 0.585. The fraction of sp³-hybridized carbons (Fsp3) is 0.176. The van der Waals surface area contributed by atoms with Crippen LogP contribution in [0.15, 0.2) is 45.2 Å². The van der Waals surface area contributed by atoms with Crippen molar-refractivity contribution in [3.8, 4) is 0 Å². The second-order valence-corrected chi connectivity index (χ2v) is 6.55. The van der Waals surface area contributed by atoms with Crippen molar-refractivity contribution in [2.75, 3.05) is 5.73 Å². The number of nitrogens with two attached hydrogens (primary N) is 2. The molecular weight excluding hydrogens is 420 g/mol. The maximum absolute atomic E-state index is 13.8. The number of fused-ring (bicyclic) bond motifs is 1. The van der Waals surface area contributed by atoms with E-state index in [0.717, 1.165) is 22.3 Å². The molecule has 27 heavy (non-hydrogen) atoms. The predicted octanol–water partition coefficient (Wildman–Crippen LogP) is 3.56. The fourth-order valence-electron chi connectivity index (χ4n) is 2.80. The molecule has 1 atom stereocenters. The number of nitrogen functional groups attached to an aromatic ring is 1. The minimum atomic E-state index is -0.771. The number of anilines is 1. The summed E-state index contributed by atoms with van der Waals surface area (Å²) < 4.78 is 29.2. The minimum absolute atomic E-state index is 0.0137. The topological polar surface area (TPSA) is 107 Å². The Morgan fingerprint density at radius 3 is 2.81 bits per heavy atom. The lowest BCUT2D eigenvalue weighted by Crippen LogP contribution is -2.18. The number of rotatable bonds is 5. The molecule has 0 radical (unpaired) electrons. The number of hydrogen-bond donors (Lipinski definition) is 2. The second kappa shape index (κ2) is 7.78. The largest absolute Gasteiger partial charge is 0.382 e. The summed E-state index contributed by atoms with van der Waals surface area (Å²) in [6, 6.07) is 4.99. The normalized spacial score (nSPS) is 13.6.